The molecule has 0 radical (unpaired) electrons. The van der Waals surface area contributed by atoms with E-state index < -0.39 is 0 Å². The summed E-state index contributed by atoms with van der Waals surface area (Å²) < 4.78 is 0. The van der Waals surface area contributed by atoms with Crippen LogP contribution in [-0.2, 0) is 5.41 Å². The van der Waals surface area contributed by atoms with Crippen LogP contribution in [0.4, 0.5) is 0 Å². The van der Waals surface area contributed by atoms with E-state index in [1.54, 1.807) is 11.1 Å². The van der Waals surface area contributed by atoms with Crippen LogP contribution in [0.3, 0.4) is 0 Å². The van der Waals surface area contributed by atoms with Gasteiger partial charge in [-0.05, 0) is 71.3 Å². The summed E-state index contributed by atoms with van der Waals surface area (Å²) >= 11 is 0. The van der Waals surface area contributed by atoms with Crippen LogP contribution in [0.2, 0.25) is 0 Å². The topological polar surface area (TPSA) is 0 Å². The molecule has 0 heteroatoms. The first kappa shape index (κ1) is 19.6. The lowest BCUT2D eigenvalue weighted by Crippen LogP contribution is -2.34. The molecule has 3 unspecified atom stereocenters. The average Bonchev–Trinajstić information content (AvgIpc) is 3.01. The highest BCUT2D eigenvalue weighted by atomic mass is 14.5. The van der Waals surface area contributed by atoms with Gasteiger partial charge in [-0.3, -0.25) is 0 Å². The third-order valence-electron chi connectivity index (χ3n) is 7.83. The smallest absolute Gasteiger partial charge is 0.0670 e. The largest absolute Gasteiger partial charge is 0.0810 e. The Labute approximate surface area is 182 Å². The summed E-state index contributed by atoms with van der Waals surface area (Å²) in [6, 6.07) is 9.23. The van der Waals surface area contributed by atoms with Crippen LogP contribution in [0.1, 0.15) is 65.0 Å². The lowest BCUT2D eigenvalue weighted by Gasteiger charge is -2.42. The Bertz CT molecular complexity index is 1080. The maximum Gasteiger partial charge on any atom is 0.0670 e. The molecule has 1 aromatic carbocycles. The van der Waals surface area contributed by atoms with Crippen molar-refractivity contribution in [2.24, 2.45) is 17.3 Å². The van der Waals surface area contributed by atoms with Gasteiger partial charge in [-0.15, -0.1) is 0 Å². The Morgan fingerprint density at radius 3 is 2.50 bits per heavy atom. The molecule has 0 aliphatic heterocycles. The SMILES string of the molecule is CC1=CC=C(C2(C3=CCC(C)(C)C=C3)C3=C(CC(C)C=C3)c3ccccc32)CC1C. The monoisotopic (exact) mass is 394 g/mol. The second-order valence-electron chi connectivity index (χ2n) is 10.6. The Kier molecular flexibility index (Phi) is 4.47. The van der Waals surface area contributed by atoms with Crippen LogP contribution < -0.4 is 0 Å². The van der Waals surface area contributed by atoms with Gasteiger partial charge in [0.1, 0.15) is 0 Å². The predicted molar refractivity (Wildman–Crippen MR) is 129 cm³/mol. The molecule has 0 N–H and O–H groups in total. The van der Waals surface area contributed by atoms with Gasteiger partial charge in [0.05, 0.1) is 5.41 Å². The van der Waals surface area contributed by atoms with E-state index in [9.17, 15) is 0 Å². The van der Waals surface area contributed by atoms with Crippen molar-refractivity contribution < 1.29 is 0 Å². The quantitative estimate of drug-likeness (QED) is 0.475. The predicted octanol–water partition coefficient (Wildman–Crippen LogP) is 8.11. The van der Waals surface area contributed by atoms with Gasteiger partial charge in [-0.2, -0.15) is 0 Å². The van der Waals surface area contributed by atoms with Crippen molar-refractivity contribution in [3.63, 3.8) is 0 Å². The fourth-order valence-electron chi connectivity index (χ4n) is 5.86. The Balaban J connectivity index is 1.81. The van der Waals surface area contributed by atoms with Crippen LogP contribution in [-0.4, -0.2) is 0 Å². The van der Waals surface area contributed by atoms with Gasteiger partial charge in [0, 0.05) is 0 Å². The third-order valence-corrected chi connectivity index (χ3v) is 7.83. The lowest BCUT2D eigenvalue weighted by molar-refractivity contribution is 0.475. The minimum atomic E-state index is -0.138. The third kappa shape index (κ3) is 2.80. The van der Waals surface area contributed by atoms with Crippen molar-refractivity contribution in [3.05, 3.63) is 100 Å². The highest BCUT2D eigenvalue weighted by Gasteiger charge is 2.50. The van der Waals surface area contributed by atoms with Gasteiger partial charge in [-0.1, -0.05) is 106 Å². The maximum atomic E-state index is 2.54. The maximum absolute atomic E-state index is 2.54. The van der Waals surface area contributed by atoms with Gasteiger partial charge >= 0.3 is 0 Å². The van der Waals surface area contributed by atoms with Crippen molar-refractivity contribution in [2.45, 2.75) is 59.3 Å². The first-order valence-electron chi connectivity index (χ1n) is 11.6. The first-order chi connectivity index (χ1) is 14.3. The molecule has 5 rings (SSSR count). The van der Waals surface area contributed by atoms with Gasteiger partial charge in [-0.25, -0.2) is 0 Å². The molecule has 0 spiro atoms. The van der Waals surface area contributed by atoms with E-state index in [1.165, 1.54) is 27.8 Å². The zero-order valence-corrected chi connectivity index (χ0v) is 19.1. The summed E-state index contributed by atoms with van der Waals surface area (Å²) in [5, 5.41) is 0. The summed E-state index contributed by atoms with van der Waals surface area (Å²) in [6.45, 7) is 11.7. The highest BCUT2D eigenvalue weighted by molar-refractivity contribution is 5.88. The van der Waals surface area contributed by atoms with Crippen molar-refractivity contribution >= 4 is 5.57 Å². The summed E-state index contributed by atoms with van der Waals surface area (Å²) in [5.41, 5.74) is 10.7. The van der Waals surface area contributed by atoms with Gasteiger partial charge in [0.25, 0.3) is 0 Å². The van der Waals surface area contributed by atoms with Crippen molar-refractivity contribution in [2.75, 3.05) is 0 Å². The van der Waals surface area contributed by atoms with Crippen LogP contribution >= 0.6 is 0 Å². The van der Waals surface area contributed by atoms with Crippen molar-refractivity contribution in [1.82, 2.24) is 0 Å². The molecule has 30 heavy (non-hydrogen) atoms. The molecule has 4 aliphatic carbocycles. The number of rotatable bonds is 2. The number of hydrogen-bond acceptors (Lipinski definition) is 0. The standard InChI is InChI=1S/C30H34/c1-20-10-13-28-26(18-20)25-8-6-7-9-27(25)30(28,23-14-16-29(4,5)17-15-23)24-12-11-21(2)22(3)19-24/h6-16,20,22H,17-19H2,1-5H3. The molecular formula is C30H34. The number of fused-ring (bicyclic) bond motifs is 2. The lowest BCUT2D eigenvalue weighted by atomic mass is 9.60. The van der Waals surface area contributed by atoms with Crippen molar-refractivity contribution in [1.29, 1.82) is 0 Å². The number of benzene rings is 1. The van der Waals surface area contributed by atoms with E-state index in [0.29, 0.717) is 11.8 Å². The number of allylic oxidation sites excluding steroid dienone is 12. The molecule has 0 bridgehead atoms. The second kappa shape index (κ2) is 6.84. The summed E-state index contributed by atoms with van der Waals surface area (Å²) in [5.74, 6) is 1.19. The molecule has 4 aliphatic rings. The van der Waals surface area contributed by atoms with Gasteiger partial charge < -0.3 is 0 Å². The van der Waals surface area contributed by atoms with Crippen LogP contribution in [0, 0.1) is 17.3 Å². The van der Waals surface area contributed by atoms with E-state index in [1.807, 2.05) is 0 Å². The molecule has 1 aromatic rings. The number of hydrogen-bond donors (Lipinski definition) is 0. The van der Waals surface area contributed by atoms with E-state index >= 15 is 0 Å². The van der Waals surface area contributed by atoms with Crippen LogP contribution in [0.5, 0.6) is 0 Å². The van der Waals surface area contributed by atoms with E-state index in [0.717, 1.165) is 19.3 Å². The molecule has 0 saturated heterocycles. The summed E-state index contributed by atoms with van der Waals surface area (Å²) in [4.78, 5) is 0. The van der Waals surface area contributed by atoms with Gasteiger partial charge in [0.15, 0.2) is 0 Å². The molecule has 0 amide bonds. The zero-order valence-electron chi connectivity index (χ0n) is 19.1. The van der Waals surface area contributed by atoms with Crippen LogP contribution in [0.25, 0.3) is 5.57 Å². The van der Waals surface area contributed by atoms with Crippen LogP contribution in [0.15, 0.2) is 89.1 Å². The van der Waals surface area contributed by atoms with Crippen molar-refractivity contribution in [3.8, 4) is 0 Å². The summed E-state index contributed by atoms with van der Waals surface area (Å²) in [7, 11) is 0. The van der Waals surface area contributed by atoms with E-state index in [4.69, 9.17) is 0 Å². The molecule has 154 valence electrons. The second-order valence-corrected chi connectivity index (χ2v) is 10.6. The molecular weight excluding hydrogens is 360 g/mol. The average molecular weight is 395 g/mol. The zero-order chi connectivity index (χ0) is 21.1. The fraction of sp³-hybridized carbons (Fsp3) is 0.400. The first-order valence-corrected chi connectivity index (χ1v) is 11.6. The van der Waals surface area contributed by atoms with E-state index in [-0.39, 0.29) is 10.8 Å². The molecule has 0 nitrogen and oxygen atoms in total. The Morgan fingerprint density at radius 2 is 1.77 bits per heavy atom. The molecule has 0 heterocycles. The fourth-order valence-corrected chi connectivity index (χ4v) is 5.86. The normalized spacial score (nSPS) is 31.7. The summed E-state index contributed by atoms with van der Waals surface area (Å²) in [6.07, 6.45) is 20.5. The van der Waals surface area contributed by atoms with E-state index in [2.05, 4.69) is 101 Å². The molecule has 0 aromatic heterocycles. The highest BCUT2D eigenvalue weighted by Crippen LogP contribution is 2.60. The minimum absolute atomic E-state index is 0.138. The Morgan fingerprint density at radius 1 is 0.967 bits per heavy atom. The molecule has 3 atom stereocenters. The minimum Gasteiger partial charge on any atom is -0.0810 e. The molecule has 0 fully saturated rings. The Hall–Kier alpha value is -2.34. The molecule has 0 saturated carbocycles. The van der Waals surface area contributed by atoms with Gasteiger partial charge in [0.2, 0.25) is 0 Å².